The number of likely N-dealkylation sites (tertiary alicyclic amines) is 1. The molecule has 3 aliphatic rings. The number of hydrogen-bond acceptors (Lipinski definition) is 4. The molecule has 1 aliphatic heterocycles. The molecule has 5 nitrogen and oxygen atoms in total. The predicted molar refractivity (Wildman–Crippen MR) is 92.2 cm³/mol. The van der Waals surface area contributed by atoms with Gasteiger partial charge >= 0.3 is 6.09 Å². The summed E-state index contributed by atoms with van der Waals surface area (Å²) in [5.41, 5.74) is 2.91. The molecular formula is C19H28N2O3. The van der Waals surface area contributed by atoms with Crippen molar-refractivity contribution < 1.29 is 14.3 Å². The molecule has 0 N–H and O–H groups in total. The van der Waals surface area contributed by atoms with Crippen LogP contribution < -0.4 is 0 Å². The minimum Gasteiger partial charge on any atom is -0.443 e. The van der Waals surface area contributed by atoms with Crippen LogP contribution in [0, 0.1) is 5.92 Å². The highest BCUT2D eigenvalue weighted by Crippen LogP contribution is 2.50. The molecule has 3 rings (SSSR count). The number of ether oxygens (including phenoxy) is 1. The molecule has 24 heavy (non-hydrogen) atoms. The van der Waals surface area contributed by atoms with Crippen LogP contribution in [0.2, 0.25) is 0 Å². The maximum absolute atomic E-state index is 13.0. The topological polar surface area (TPSA) is 49.9 Å². The molecule has 0 aromatic rings. The lowest BCUT2D eigenvalue weighted by atomic mass is 9.92. The third-order valence-corrected chi connectivity index (χ3v) is 4.96. The zero-order valence-corrected chi connectivity index (χ0v) is 15.4. The number of allylic oxidation sites excluding steroid dienone is 1. The summed E-state index contributed by atoms with van der Waals surface area (Å²) in [4.78, 5) is 29.0. The number of imide groups is 1. The van der Waals surface area contributed by atoms with E-state index in [0.717, 1.165) is 31.3 Å². The predicted octanol–water partition coefficient (Wildman–Crippen LogP) is 3.47. The van der Waals surface area contributed by atoms with Crippen molar-refractivity contribution in [1.82, 2.24) is 9.80 Å². The van der Waals surface area contributed by atoms with Crippen molar-refractivity contribution in [1.29, 1.82) is 0 Å². The van der Waals surface area contributed by atoms with E-state index in [0.29, 0.717) is 0 Å². The number of rotatable bonds is 1. The Morgan fingerprint density at radius 3 is 2.54 bits per heavy atom. The first kappa shape index (κ1) is 17.1. The van der Waals surface area contributed by atoms with Gasteiger partial charge in [-0.2, -0.15) is 0 Å². The summed E-state index contributed by atoms with van der Waals surface area (Å²) in [5, 5.41) is 0. The van der Waals surface area contributed by atoms with E-state index in [-0.39, 0.29) is 17.9 Å². The highest BCUT2D eigenvalue weighted by Gasteiger charge is 2.53. The van der Waals surface area contributed by atoms with E-state index in [1.54, 1.807) is 0 Å². The van der Waals surface area contributed by atoms with Crippen LogP contribution in [0.4, 0.5) is 4.79 Å². The highest BCUT2D eigenvalue weighted by molar-refractivity contribution is 6.06. The first-order chi connectivity index (χ1) is 11.2. The second-order valence-corrected chi connectivity index (χ2v) is 8.29. The van der Waals surface area contributed by atoms with Gasteiger partial charge in [0.05, 0.1) is 6.04 Å². The maximum Gasteiger partial charge on any atom is 0.417 e. The Morgan fingerprint density at radius 2 is 1.92 bits per heavy atom. The molecule has 0 unspecified atom stereocenters. The zero-order valence-electron chi connectivity index (χ0n) is 15.4. The molecule has 0 spiro atoms. The summed E-state index contributed by atoms with van der Waals surface area (Å²) in [6.45, 7) is 5.50. The summed E-state index contributed by atoms with van der Waals surface area (Å²) in [6.07, 6.45) is 6.74. The van der Waals surface area contributed by atoms with Gasteiger partial charge in [-0.15, -0.1) is 0 Å². The Bertz CT molecular complexity index is 625. The van der Waals surface area contributed by atoms with E-state index in [2.05, 4.69) is 0 Å². The summed E-state index contributed by atoms with van der Waals surface area (Å²) >= 11 is 0. The summed E-state index contributed by atoms with van der Waals surface area (Å²) in [5.74, 6) is -0.0967. The number of amides is 2. The van der Waals surface area contributed by atoms with Gasteiger partial charge < -0.3 is 9.64 Å². The highest BCUT2D eigenvalue weighted by atomic mass is 16.6. The fraction of sp³-hybridized carbons (Fsp3) is 0.684. The van der Waals surface area contributed by atoms with Gasteiger partial charge in [0.25, 0.3) is 5.91 Å². The lowest BCUT2D eigenvalue weighted by molar-refractivity contribution is -0.125. The third-order valence-electron chi connectivity index (χ3n) is 4.96. The van der Waals surface area contributed by atoms with Crippen molar-refractivity contribution in [3.63, 3.8) is 0 Å². The molecule has 1 fully saturated rings. The van der Waals surface area contributed by atoms with Crippen LogP contribution in [0.1, 0.15) is 52.9 Å². The normalized spacial score (nSPS) is 28.3. The van der Waals surface area contributed by atoms with E-state index in [9.17, 15) is 9.59 Å². The van der Waals surface area contributed by atoms with Crippen LogP contribution in [0.5, 0.6) is 0 Å². The third kappa shape index (κ3) is 2.96. The Kier molecular flexibility index (Phi) is 4.22. The molecule has 2 aliphatic carbocycles. The number of fused-ring (bicyclic) bond motifs is 2. The maximum atomic E-state index is 13.0. The Morgan fingerprint density at radius 1 is 1.25 bits per heavy atom. The van der Waals surface area contributed by atoms with E-state index < -0.39 is 11.7 Å². The summed E-state index contributed by atoms with van der Waals surface area (Å²) in [7, 11) is 3.82. The van der Waals surface area contributed by atoms with Gasteiger partial charge in [-0.25, -0.2) is 9.69 Å². The molecule has 0 aromatic heterocycles. The molecule has 1 heterocycles. The molecule has 2 amide bonds. The molecule has 0 aromatic carbocycles. The first-order valence-electron chi connectivity index (χ1n) is 8.84. The number of carbonyl (C=O) groups is 2. The minimum absolute atomic E-state index is 0.0931. The molecule has 2 atom stereocenters. The lowest BCUT2D eigenvalue weighted by Crippen LogP contribution is -2.43. The Labute approximate surface area is 144 Å². The molecule has 5 heteroatoms. The van der Waals surface area contributed by atoms with Crippen molar-refractivity contribution in [2.75, 3.05) is 14.1 Å². The monoisotopic (exact) mass is 332 g/mol. The van der Waals surface area contributed by atoms with Crippen LogP contribution in [-0.4, -0.2) is 47.5 Å². The van der Waals surface area contributed by atoms with Gasteiger partial charge in [0.2, 0.25) is 0 Å². The standard InChI is InChI=1S/C19H28N2O3/c1-19(2,3)24-18(23)21-16-13-9-7-6-8-12(13)10-14(16)15(17(21)22)11-20(4)5/h11,14,16H,6-10H2,1-5H3/b15-11+/t14-,16-/m1/s1. The molecule has 0 saturated carbocycles. The van der Waals surface area contributed by atoms with Crippen molar-refractivity contribution >= 4 is 12.0 Å². The van der Waals surface area contributed by atoms with Crippen LogP contribution in [0.3, 0.4) is 0 Å². The van der Waals surface area contributed by atoms with Crippen molar-refractivity contribution in [2.45, 2.75) is 64.5 Å². The second-order valence-electron chi connectivity index (χ2n) is 8.29. The van der Waals surface area contributed by atoms with E-state index >= 15 is 0 Å². The van der Waals surface area contributed by atoms with Gasteiger partial charge in [-0.05, 0) is 58.4 Å². The van der Waals surface area contributed by atoms with Gasteiger partial charge in [-0.1, -0.05) is 5.57 Å². The van der Waals surface area contributed by atoms with Crippen LogP contribution in [0.15, 0.2) is 22.9 Å². The molecule has 132 valence electrons. The molecule has 0 bridgehead atoms. The van der Waals surface area contributed by atoms with E-state index in [1.165, 1.54) is 22.5 Å². The van der Waals surface area contributed by atoms with Gasteiger partial charge in [-0.3, -0.25) is 4.79 Å². The quantitative estimate of drug-likeness (QED) is 0.545. The SMILES string of the molecule is CN(C)/C=C1/C(=O)N(C(=O)OC(C)(C)C)[C@@H]2C3=C(CCCC3)C[C@H]12. The smallest absolute Gasteiger partial charge is 0.417 e. The fourth-order valence-electron chi connectivity index (χ4n) is 4.18. The van der Waals surface area contributed by atoms with Crippen LogP contribution in [-0.2, 0) is 9.53 Å². The lowest BCUT2D eigenvalue weighted by Gasteiger charge is -2.29. The van der Waals surface area contributed by atoms with Crippen molar-refractivity contribution in [2.24, 2.45) is 5.92 Å². The Hall–Kier alpha value is -1.78. The summed E-state index contributed by atoms with van der Waals surface area (Å²) in [6, 6.07) is -0.131. The average molecular weight is 332 g/mol. The first-order valence-corrected chi connectivity index (χ1v) is 8.84. The second kappa shape index (κ2) is 5.94. The Balaban J connectivity index is 1.98. The number of carbonyl (C=O) groups excluding carboxylic acids is 2. The van der Waals surface area contributed by atoms with Crippen molar-refractivity contribution in [3.05, 3.63) is 22.9 Å². The fourth-order valence-corrected chi connectivity index (χ4v) is 4.18. The largest absolute Gasteiger partial charge is 0.443 e. The van der Waals surface area contributed by atoms with Gasteiger partial charge in [0.1, 0.15) is 5.60 Å². The van der Waals surface area contributed by atoms with Crippen molar-refractivity contribution in [3.8, 4) is 0 Å². The van der Waals surface area contributed by atoms with Gasteiger partial charge in [0, 0.05) is 31.8 Å². The van der Waals surface area contributed by atoms with E-state index in [4.69, 9.17) is 4.74 Å². The zero-order chi connectivity index (χ0) is 17.6. The van der Waals surface area contributed by atoms with Crippen LogP contribution >= 0.6 is 0 Å². The van der Waals surface area contributed by atoms with E-state index in [1.807, 2.05) is 46.0 Å². The number of nitrogens with zero attached hydrogens (tertiary/aromatic N) is 2. The molecular weight excluding hydrogens is 304 g/mol. The van der Waals surface area contributed by atoms with Gasteiger partial charge in [0.15, 0.2) is 0 Å². The summed E-state index contributed by atoms with van der Waals surface area (Å²) < 4.78 is 5.54. The van der Waals surface area contributed by atoms with Crippen LogP contribution in [0.25, 0.3) is 0 Å². The number of hydrogen-bond donors (Lipinski definition) is 0. The minimum atomic E-state index is -0.608. The molecule has 1 saturated heterocycles. The molecule has 0 radical (unpaired) electrons. The average Bonchev–Trinajstić information content (AvgIpc) is 2.93.